The van der Waals surface area contributed by atoms with Gasteiger partial charge in [-0.1, -0.05) is 23.4 Å². The highest BCUT2D eigenvalue weighted by atomic mass is 32.2. The van der Waals surface area contributed by atoms with Crippen molar-refractivity contribution in [3.05, 3.63) is 65.5 Å². The number of carbonyl (C=O) groups is 2. The van der Waals surface area contributed by atoms with Crippen LogP contribution in [0.4, 0.5) is 17.1 Å². The molecule has 0 bridgehead atoms. The molecule has 1 aromatic heterocycles. The Labute approximate surface area is 197 Å². The minimum Gasteiger partial charge on any atom is -0.354 e. The largest absolute Gasteiger partial charge is 0.354 e. The molecule has 3 aromatic rings. The van der Waals surface area contributed by atoms with Gasteiger partial charge in [0.2, 0.25) is 11.8 Å². The molecule has 2 amide bonds. The molecule has 9 nitrogen and oxygen atoms in total. The molecule has 0 spiro atoms. The van der Waals surface area contributed by atoms with Crippen LogP contribution in [0.15, 0.2) is 57.9 Å². The Morgan fingerprint density at radius 2 is 1.62 bits per heavy atom. The number of benzene rings is 2. The van der Waals surface area contributed by atoms with Crippen molar-refractivity contribution in [2.45, 2.75) is 31.6 Å². The van der Waals surface area contributed by atoms with Crippen LogP contribution < -0.4 is 15.4 Å². The van der Waals surface area contributed by atoms with Gasteiger partial charge in [-0.05, 0) is 67.8 Å². The fraction of sp³-hybridized carbons (Fsp3) is 0.208. The van der Waals surface area contributed by atoms with Gasteiger partial charge in [-0.3, -0.25) is 14.3 Å². The van der Waals surface area contributed by atoms with Crippen molar-refractivity contribution in [3.63, 3.8) is 0 Å². The third-order valence-electron chi connectivity index (χ3n) is 5.16. The minimum atomic E-state index is -3.79. The Morgan fingerprint density at radius 1 is 0.971 bits per heavy atom. The topological polar surface area (TPSA) is 130 Å². The lowest BCUT2D eigenvalue weighted by molar-refractivity contribution is -0.117. The SMILES string of the molecule is CC(=O)Nc1ccc(NS(=O)(=O)c2ccc(/C=C\c3onc(C)c3NC(=O)C3CC3)cc2)cc1. The molecule has 2 aromatic carbocycles. The molecule has 176 valence electrons. The summed E-state index contributed by atoms with van der Waals surface area (Å²) in [5, 5.41) is 9.41. The van der Waals surface area contributed by atoms with E-state index in [0.717, 1.165) is 18.4 Å². The van der Waals surface area contributed by atoms with Crippen LogP contribution in [0.25, 0.3) is 12.2 Å². The predicted octanol–water partition coefficient (Wildman–Crippen LogP) is 4.26. The average molecular weight is 481 g/mol. The highest BCUT2D eigenvalue weighted by Crippen LogP contribution is 2.32. The molecule has 1 aliphatic rings. The molecule has 34 heavy (non-hydrogen) atoms. The van der Waals surface area contributed by atoms with Crippen LogP contribution in [0.2, 0.25) is 0 Å². The van der Waals surface area contributed by atoms with Gasteiger partial charge in [-0.2, -0.15) is 0 Å². The van der Waals surface area contributed by atoms with Gasteiger partial charge >= 0.3 is 0 Å². The zero-order chi connectivity index (χ0) is 24.3. The van der Waals surface area contributed by atoms with Gasteiger partial charge in [0.15, 0.2) is 5.76 Å². The Hall–Kier alpha value is -3.92. The van der Waals surface area contributed by atoms with Crippen LogP contribution in [0.3, 0.4) is 0 Å². The maximum Gasteiger partial charge on any atom is 0.261 e. The quantitative estimate of drug-likeness (QED) is 0.442. The second-order valence-electron chi connectivity index (χ2n) is 8.04. The summed E-state index contributed by atoms with van der Waals surface area (Å²) < 4.78 is 33.2. The summed E-state index contributed by atoms with van der Waals surface area (Å²) in [7, 11) is -3.79. The number of amides is 2. The third-order valence-corrected chi connectivity index (χ3v) is 6.56. The number of aromatic nitrogens is 1. The zero-order valence-electron chi connectivity index (χ0n) is 18.7. The van der Waals surface area contributed by atoms with E-state index in [0.29, 0.717) is 28.5 Å². The van der Waals surface area contributed by atoms with Crippen LogP contribution in [0.5, 0.6) is 0 Å². The maximum atomic E-state index is 12.7. The van der Waals surface area contributed by atoms with Crippen molar-refractivity contribution in [2.75, 3.05) is 15.4 Å². The second kappa shape index (κ2) is 9.52. The molecule has 0 radical (unpaired) electrons. The fourth-order valence-corrected chi connectivity index (χ4v) is 4.25. The lowest BCUT2D eigenvalue weighted by Gasteiger charge is -2.09. The molecule has 0 unspecified atom stereocenters. The number of sulfonamides is 1. The fourth-order valence-electron chi connectivity index (χ4n) is 3.19. The molecular formula is C24H24N4O5S. The predicted molar refractivity (Wildman–Crippen MR) is 130 cm³/mol. The normalized spacial score (nSPS) is 13.6. The molecule has 4 rings (SSSR count). The van der Waals surface area contributed by atoms with Crippen molar-refractivity contribution in [1.82, 2.24) is 5.16 Å². The number of aryl methyl sites for hydroxylation is 1. The van der Waals surface area contributed by atoms with Crippen molar-refractivity contribution in [2.24, 2.45) is 5.92 Å². The highest BCUT2D eigenvalue weighted by Gasteiger charge is 2.30. The van der Waals surface area contributed by atoms with E-state index in [1.165, 1.54) is 19.1 Å². The van der Waals surface area contributed by atoms with Crippen LogP contribution >= 0.6 is 0 Å². The van der Waals surface area contributed by atoms with Gasteiger partial charge in [-0.25, -0.2) is 8.42 Å². The van der Waals surface area contributed by atoms with Gasteiger partial charge < -0.3 is 15.2 Å². The monoisotopic (exact) mass is 480 g/mol. The van der Waals surface area contributed by atoms with E-state index in [1.54, 1.807) is 55.5 Å². The van der Waals surface area contributed by atoms with Crippen molar-refractivity contribution in [3.8, 4) is 0 Å². The molecule has 3 N–H and O–H groups in total. The Balaban J connectivity index is 1.43. The first kappa shape index (κ1) is 23.2. The summed E-state index contributed by atoms with van der Waals surface area (Å²) in [6.07, 6.45) is 5.22. The number of carbonyl (C=O) groups excluding carboxylic acids is 2. The van der Waals surface area contributed by atoms with Crippen LogP contribution in [0.1, 0.15) is 36.8 Å². The Kier molecular flexibility index (Phi) is 6.51. The van der Waals surface area contributed by atoms with Gasteiger partial charge in [0.1, 0.15) is 11.4 Å². The van der Waals surface area contributed by atoms with E-state index in [2.05, 4.69) is 20.5 Å². The molecular weight excluding hydrogens is 456 g/mol. The number of nitrogens with one attached hydrogen (secondary N) is 3. The van der Waals surface area contributed by atoms with Crippen molar-refractivity contribution < 1.29 is 22.5 Å². The first-order valence-corrected chi connectivity index (χ1v) is 12.2. The standard InChI is InChI=1S/C24H24N4O5S/c1-15-23(26-24(30)18-6-7-18)22(33-27-15)14-5-17-3-12-21(13-4-17)34(31,32)28-20-10-8-19(9-11-20)25-16(2)29/h3-5,8-14,18,28H,6-7H2,1-2H3,(H,25,29)(H,26,30)/b14-5-. The number of rotatable bonds is 8. The Bertz CT molecular complexity index is 1340. The summed E-state index contributed by atoms with van der Waals surface area (Å²) >= 11 is 0. The van der Waals surface area contributed by atoms with E-state index in [-0.39, 0.29) is 22.6 Å². The molecule has 0 atom stereocenters. The van der Waals surface area contributed by atoms with E-state index in [4.69, 9.17) is 4.52 Å². The van der Waals surface area contributed by atoms with E-state index < -0.39 is 10.0 Å². The maximum absolute atomic E-state index is 12.7. The van der Waals surface area contributed by atoms with Crippen LogP contribution in [0, 0.1) is 12.8 Å². The van der Waals surface area contributed by atoms with Crippen LogP contribution in [-0.2, 0) is 19.6 Å². The molecule has 0 saturated heterocycles. The number of anilines is 3. The van der Waals surface area contributed by atoms with Crippen molar-refractivity contribution >= 4 is 51.1 Å². The van der Waals surface area contributed by atoms with Crippen LogP contribution in [-0.4, -0.2) is 25.4 Å². The smallest absolute Gasteiger partial charge is 0.261 e. The van der Waals surface area contributed by atoms with Gasteiger partial charge in [0.05, 0.1) is 4.90 Å². The molecule has 1 aliphatic carbocycles. The summed E-state index contributed by atoms with van der Waals surface area (Å²) in [6.45, 7) is 3.15. The summed E-state index contributed by atoms with van der Waals surface area (Å²) in [5.41, 5.74) is 2.82. The molecule has 1 heterocycles. The molecule has 1 saturated carbocycles. The van der Waals surface area contributed by atoms with E-state index in [9.17, 15) is 18.0 Å². The second-order valence-corrected chi connectivity index (χ2v) is 9.72. The minimum absolute atomic E-state index is 0.0345. The lowest BCUT2D eigenvalue weighted by Crippen LogP contribution is -2.14. The van der Waals surface area contributed by atoms with E-state index >= 15 is 0 Å². The molecule has 0 aliphatic heterocycles. The first-order valence-electron chi connectivity index (χ1n) is 10.7. The van der Waals surface area contributed by atoms with Crippen molar-refractivity contribution in [1.29, 1.82) is 0 Å². The number of nitrogens with zero attached hydrogens (tertiary/aromatic N) is 1. The Morgan fingerprint density at radius 3 is 2.24 bits per heavy atom. The summed E-state index contributed by atoms with van der Waals surface area (Å²) in [4.78, 5) is 23.3. The zero-order valence-corrected chi connectivity index (χ0v) is 19.5. The number of hydrogen-bond acceptors (Lipinski definition) is 6. The number of hydrogen-bond donors (Lipinski definition) is 3. The summed E-state index contributed by atoms with van der Waals surface area (Å²) in [6, 6.07) is 12.7. The van der Waals surface area contributed by atoms with Gasteiger partial charge in [0, 0.05) is 24.2 Å². The van der Waals surface area contributed by atoms with Gasteiger partial charge in [0.25, 0.3) is 10.0 Å². The third kappa shape index (κ3) is 5.70. The van der Waals surface area contributed by atoms with Gasteiger partial charge in [-0.15, -0.1) is 0 Å². The average Bonchev–Trinajstić information content (AvgIpc) is 3.59. The molecule has 1 fully saturated rings. The molecule has 10 heteroatoms. The lowest BCUT2D eigenvalue weighted by atomic mass is 10.2. The highest BCUT2D eigenvalue weighted by molar-refractivity contribution is 7.92. The summed E-state index contributed by atoms with van der Waals surface area (Å²) in [5.74, 6) is 0.241. The first-order chi connectivity index (χ1) is 16.2. The van der Waals surface area contributed by atoms with E-state index in [1.807, 2.05) is 0 Å².